The average Bonchev–Trinajstić information content (AvgIpc) is 2.89. The summed E-state index contributed by atoms with van der Waals surface area (Å²) < 4.78 is 0. The molecule has 0 amide bonds. The smallest absolute Gasteiger partial charge is 0.0972 e. The van der Waals surface area contributed by atoms with E-state index in [1.165, 1.54) is 49.5 Å². The Hall–Kier alpha value is -0.450. The number of hydrogen-bond acceptors (Lipinski definition) is 4. The van der Waals surface area contributed by atoms with E-state index in [1.807, 2.05) is 11.3 Å². The zero-order chi connectivity index (χ0) is 12.4. The quantitative estimate of drug-likeness (QED) is 0.890. The second-order valence-corrected chi connectivity index (χ2v) is 6.63. The van der Waals surface area contributed by atoms with Crippen LogP contribution in [0.2, 0.25) is 0 Å². The van der Waals surface area contributed by atoms with Crippen LogP contribution in [-0.2, 0) is 0 Å². The Morgan fingerprint density at radius 3 is 2.89 bits per heavy atom. The summed E-state index contributed by atoms with van der Waals surface area (Å²) >= 11 is 1.89. The first kappa shape index (κ1) is 12.6. The van der Waals surface area contributed by atoms with Gasteiger partial charge in [0.05, 0.1) is 10.7 Å². The lowest BCUT2D eigenvalue weighted by Gasteiger charge is -2.28. The van der Waals surface area contributed by atoms with E-state index in [2.05, 4.69) is 22.6 Å². The molecule has 18 heavy (non-hydrogen) atoms. The van der Waals surface area contributed by atoms with E-state index in [-0.39, 0.29) is 0 Å². The van der Waals surface area contributed by atoms with Gasteiger partial charge in [0.25, 0.3) is 0 Å². The van der Waals surface area contributed by atoms with E-state index in [0.29, 0.717) is 11.8 Å². The highest BCUT2D eigenvalue weighted by molar-refractivity contribution is 7.09. The minimum absolute atomic E-state index is 0.684. The summed E-state index contributed by atoms with van der Waals surface area (Å²) in [7, 11) is 2.23. The molecular weight excluding hydrogens is 242 g/mol. The number of thiazole rings is 1. The van der Waals surface area contributed by atoms with Crippen LogP contribution >= 0.6 is 11.3 Å². The van der Waals surface area contributed by atoms with Crippen LogP contribution in [-0.4, -0.2) is 43.1 Å². The Morgan fingerprint density at radius 1 is 1.28 bits per heavy atom. The molecule has 0 saturated carbocycles. The normalized spacial score (nSPS) is 27.5. The highest BCUT2D eigenvalue weighted by Crippen LogP contribution is 2.32. The van der Waals surface area contributed by atoms with Crippen molar-refractivity contribution in [2.45, 2.75) is 37.5 Å². The first-order chi connectivity index (χ1) is 8.83. The van der Waals surface area contributed by atoms with Gasteiger partial charge in [-0.25, -0.2) is 4.98 Å². The molecule has 3 nitrogen and oxygen atoms in total. The number of rotatable bonds is 2. The highest BCUT2D eigenvalue weighted by Gasteiger charge is 2.24. The van der Waals surface area contributed by atoms with E-state index in [4.69, 9.17) is 4.98 Å². The molecule has 1 atom stereocenters. The molecule has 0 bridgehead atoms. The van der Waals surface area contributed by atoms with Crippen molar-refractivity contribution in [3.63, 3.8) is 0 Å². The van der Waals surface area contributed by atoms with Crippen molar-refractivity contribution in [2.75, 3.05) is 33.2 Å². The first-order valence-electron chi connectivity index (χ1n) is 7.17. The highest BCUT2D eigenvalue weighted by atomic mass is 32.1. The summed E-state index contributed by atoms with van der Waals surface area (Å²) in [5.41, 5.74) is 1.37. The van der Waals surface area contributed by atoms with Gasteiger partial charge in [-0.1, -0.05) is 0 Å². The molecule has 1 unspecified atom stereocenters. The van der Waals surface area contributed by atoms with E-state index < -0.39 is 0 Å². The third-order valence-electron chi connectivity index (χ3n) is 4.27. The molecule has 3 rings (SSSR count). The van der Waals surface area contributed by atoms with Crippen LogP contribution in [0.15, 0.2) is 5.38 Å². The van der Waals surface area contributed by atoms with Gasteiger partial charge in [0.1, 0.15) is 0 Å². The maximum Gasteiger partial charge on any atom is 0.0972 e. The largest absolute Gasteiger partial charge is 0.317 e. The zero-order valence-corrected chi connectivity index (χ0v) is 12.0. The van der Waals surface area contributed by atoms with E-state index >= 15 is 0 Å². The van der Waals surface area contributed by atoms with Gasteiger partial charge in [0, 0.05) is 23.8 Å². The van der Waals surface area contributed by atoms with Crippen molar-refractivity contribution in [2.24, 2.45) is 0 Å². The van der Waals surface area contributed by atoms with Crippen molar-refractivity contribution in [3.05, 3.63) is 16.1 Å². The number of piperidine rings is 2. The van der Waals surface area contributed by atoms with E-state index in [0.717, 1.165) is 13.1 Å². The molecule has 1 aromatic heterocycles. The molecule has 0 aliphatic carbocycles. The summed E-state index contributed by atoms with van der Waals surface area (Å²) in [6.45, 7) is 4.76. The molecule has 2 aliphatic heterocycles. The Morgan fingerprint density at radius 2 is 2.11 bits per heavy atom. The molecule has 2 aliphatic rings. The van der Waals surface area contributed by atoms with Gasteiger partial charge in [0.2, 0.25) is 0 Å². The molecule has 3 heterocycles. The Bertz CT molecular complexity index is 384. The van der Waals surface area contributed by atoms with Gasteiger partial charge in [-0.15, -0.1) is 11.3 Å². The Kier molecular flexibility index (Phi) is 3.97. The van der Waals surface area contributed by atoms with E-state index in [9.17, 15) is 0 Å². The molecule has 2 saturated heterocycles. The molecule has 0 radical (unpaired) electrons. The number of nitrogens with one attached hydrogen (secondary N) is 1. The standard InChI is InChI=1S/C14H23N3S/c1-17-8-2-3-12(9-17)14-16-13(10-18-14)11-4-6-15-7-5-11/h10-12,15H,2-9H2,1H3. The molecule has 0 spiro atoms. The number of likely N-dealkylation sites (tertiary alicyclic amines) is 1. The van der Waals surface area contributed by atoms with E-state index in [1.54, 1.807) is 0 Å². The van der Waals surface area contributed by atoms with Crippen molar-refractivity contribution in [1.82, 2.24) is 15.2 Å². The summed E-state index contributed by atoms with van der Waals surface area (Å²) in [6.07, 6.45) is 5.16. The first-order valence-corrected chi connectivity index (χ1v) is 8.05. The third-order valence-corrected chi connectivity index (χ3v) is 5.30. The van der Waals surface area contributed by atoms with Crippen LogP contribution < -0.4 is 5.32 Å². The average molecular weight is 265 g/mol. The SMILES string of the molecule is CN1CCCC(c2nc(C3CCNCC3)cs2)C1. The van der Waals surface area contributed by atoms with Crippen molar-refractivity contribution in [3.8, 4) is 0 Å². The van der Waals surface area contributed by atoms with Gasteiger partial charge >= 0.3 is 0 Å². The fourth-order valence-corrected chi connectivity index (χ4v) is 4.19. The van der Waals surface area contributed by atoms with Crippen molar-refractivity contribution in [1.29, 1.82) is 0 Å². The lowest BCUT2D eigenvalue weighted by atomic mass is 9.95. The maximum atomic E-state index is 4.96. The molecule has 1 N–H and O–H groups in total. The Balaban J connectivity index is 1.68. The van der Waals surface area contributed by atoms with Crippen LogP contribution in [0.25, 0.3) is 0 Å². The molecule has 1 aromatic rings. The summed E-state index contributed by atoms with van der Waals surface area (Å²) in [4.78, 5) is 7.40. The number of nitrogens with zero attached hydrogens (tertiary/aromatic N) is 2. The van der Waals surface area contributed by atoms with Gasteiger partial charge in [-0.3, -0.25) is 0 Å². The second kappa shape index (κ2) is 5.68. The molecule has 4 heteroatoms. The van der Waals surface area contributed by atoms with Gasteiger partial charge in [-0.2, -0.15) is 0 Å². The number of aromatic nitrogens is 1. The maximum absolute atomic E-state index is 4.96. The third kappa shape index (κ3) is 2.76. The summed E-state index contributed by atoms with van der Waals surface area (Å²) in [5, 5.41) is 7.13. The zero-order valence-electron chi connectivity index (χ0n) is 11.2. The van der Waals surface area contributed by atoms with Crippen molar-refractivity contribution < 1.29 is 0 Å². The fraction of sp³-hybridized carbons (Fsp3) is 0.786. The predicted molar refractivity (Wildman–Crippen MR) is 76.4 cm³/mol. The van der Waals surface area contributed by atoms with Crippen LogP contribution in [0.4, 0.5) is 0 Å². The number of likely N-dealkylation sites (N-methyl/N-ethyl adjacent to an activating group) is 1. The van der Waals surface area contributed by atoms with Gasteiger partial charge in [0.15, 0.2) is 0 Å². The molecule has 2 fully saturated rings. The van der Waals surface area contributed by atoms with Gasteiger partial charge < -0.3 is 10.2 Å². The van der Waals surface area contributed by atoms with Crippen molar-refractivity contribution >= 4 is 11.3 Å². The van der Waals surface area contributed by atoms with Crippen LogP contribution in [0.1, 0.15) is 48.2 Å². The lowest BCUT2D eigenvalue weighted by molar-refractivity contribution is 0.250. The molecule has 100 valence electrons. The summed E-state index contributed by atoms with van der Waals surface area (Å²) in [5.74, 6) is 1.39. The predicted octanol–water partition coefficient (Wildman–Crippen LogP) is 2.42. The topological polar surface area (TPSA) is 28.2 Å². The monoisotopic (exact) mass is 265 g/mol. The second-order valence-electron chi connectivity index (χ2n) is 5.74. The van der Waals surface area contributed by atoms with Crippen LogP contribution in [0.5, 0.6) is 0 Å². The number of hydrogen-bond donors (Lipinski definition) is 1. The molecule has 0 aromatic carbocycles. The summed E-state index contributed by atoms with van der Waals surface area (Å²) in [6, 6.07) is 0. The minimum Gasteiger partial charge on any atom is -0.317 e. The minimum atomic E-state index is 0.684. The van der Waals surface area contributed by atoms with Gasteiger partial charge in [-0.05, 0) is 52.4 Å². The van der Waals surface area contributed by atoms with Crippen LogP contribution in [0.3, 0.4) is 0 Å². The lowest BCUT2D eigenvalue weighted by Crippen LogP contribution is -2.30. The fourth-order valence-electron chi connectivity index (χ4n) is 3.16. The molecular formula is C14H23N3S. The van der Waals surface area contributed by atoms with Crippen LogP contribution in [0, 0.1) is 0 Å². The Labute approximate surface area is 114 Å².